The van der Waals surface area contributed by atoms with Crippen molar-refractivity contribution < 1.29 is 4.74 Å². The van der Waals surface area contributed by atoms with Gasteiger partial charge in [0.1, 0.15) is 5.75 Å². The minimum absolute atomic E-state index is 0.349. The highest BCUT2D eigenvalue weighted by atomic mass is 16.5. The van der Waals surface area contributed by atoms with Gasteiger partial charge in [-0.3, -0.25) is 0 Å². The van der Waals surface area contributed by atoms with Crippen molar-refractivity contribution in [3.63, 3.8) is 0 Å². The number of rotatable bonds is 5. The maximum atomic E-state index is 5.49. The Morgan fingerprint density at radius 2 is 1.81 bits per heavy atom. The summed E-state index contributed by atoms with van der Waals surface area (Å²) in [5.41, 5.74) is 1.27. The summed E-state index contributed by atoms with van der Waals surface area (Å²) in [7, 11) is 1.75. The molecule has 0 saturated heterocycles. The Kier molecular flexibility index (Phi) is 6.10. The van der Waals surface area contributed by atoms with E-state index in [0.717, 1.165) is 17.6 Å². The standard InChI is InChI=1S/C19H31NO/c1-14(2)16-8-7-9-17(13-12-16)20-15(3)18-10-5-6-11-19(18)21-4/h5-6,10-11,14-17,20H,7-9,12-13H2,1-4H3/t15-,16?,17?/m0/s1. The van der Waals surface area contributed by atoms with Gasteiger partial charge < -0.3 is 10.1 Å². The van der Waals surface area contributed by atoms with Crippen LogP contribution < -0.4 is 10.1 Å². The average molecular weight is 289 g/mol. The van der Waals surface area contributed by atoms with Crippen LogP contribution in [0.2, 0.25) is 0 Å². The first-order valence-electron chi connectivity index (χ1n) is 8.50. The predicted molar refractivity (Wildman–Crippen MR) is 89.7 cm³/mol. The SMILES string of the molecule is COc1ccccc1[C@H](C)NC1CCCC(C(C)C)CC1. The maximum Gasteiger partial charge on any atom is 0.123 e. The Hall–Kier alpha value is -1.02. The summed E-state index contributed by atoms with van der Waals surface area (Å²) >= 11 is 0. The van der Waals surface area contributed by atoms with Crippen molar-refractivity contribution in [2.75, 3.05) is 7.11 Å². The third-order valence-electron chi connectivity index (χ3n) is 5.05. The zero-order valence-corrected chi connectivity index (χ0v) is 14.1. The number of benzene rings is 1. The Labute approximate surface area is 130 Å². The molecule has 0 bridgehead atoms. The Balaban J connectivity index is 1.95. The van der Waals surface area contributed by atoms with Gasteiger partial charge in [-0.05, 0) is 44.1 Å². The van der Waals surface area contributed by atoms with E-state index in [9.17, 15) is 0 Å². The lowest BCUT2D eigenvalue weighted by Crippen LogP contribution is -2.31. The van der Waals surface area contributed by atoms with E-state index in [1.807, 2.05) is 6.07 Å². The van der Waals surface area contributed by atoms with Crippen molar-refractivity contribution in [1.29, 1.82) is 0 Å². The Morgan fingerprint density at radius 1 is 1.05 bits per heavy atom. The number of ether oxygens (including phenoxy) is 1. The number of methoxy groups -OCH3 is 1. The van der Waals surface area contributed by atoms with Crippen LogP contribution in [-0.4, -0.2) is 13.2 Å². The fourth-order valence-corrected chi connectivity index (χ4v) is 3.63. The summed E-state index contributed by atoms with van der Waals surface area (Å²) < 4.78 is 5.49. The van der Waals surface area contributed by atoms with E-state index in [1.165, 1.54) is 37.7 Å². The molecule has 2 rings (SSSR count). The average Bonchev–Trinajstić information content (AvgIpc) is 2.72. The van der Waals surface area contributed by atoms with Crippen LogP contribution in [0.4, 0.5) is 0 Å². The van der Waals surface area contributed by atoms with Gasteiger partial charge >= 0.3 is 0 Å². The topological polar surface area (TPSA) is 21.3 Å². The molecule has 0 aromatic heterocycles. The summed E-state index contributed by atoms with van der Waals surface area (Å²) in [4.78, 5) is 0. The molecule has 0 amide bonds. The van der Waals surface area contributed by atoms with Crippen molar-refractivity contribution in [1.82, 2.24) is 5.32 Å². The predicted octanol–water partition coefficient (Wildman–Crippen LogP) is 4.95. The van der Waals surface area contributed by atoms with Gasteiger partial charge in [0.15, 0.2) is 0 Å². The molecule has 2 nitrogen and oxygen atoms in total. The third-order valence-corrected chi connectivity index (χ3v) is 5.05. The van der Waals surface area contributed by atoms with Crippen LogP contribution in [0.15, 0.2) is 24.3 Å². The maximum absolute atomic E-state index is 5.49. The number of para-hydroxylation sites is 1. The van der Waals surface area contributed by atoms with Gasteiger partial charge in [-0.2, -0.15) is 0 Å². The van der Waals surface area contributed by atoms with Crippen LogP contribution in [0.5, 0.6) is 5.75 Å². The van der Waals surface area contributed by atoms with Gasteiger partial charge in [0.2, 0.25) is 0 Å². The molecule has 1 N–H and O–H groups in total. The molecule has 118 valence electrons. The molecule has 1 fully saturated rings. The fraction of sp³-hybridized carbons (Fsp3) is 0.684. The minimum atomic E-state index is 0.349. The molecule has 1 aliphatic carbocycles. The van der Waals surface area contributed by atoms with Gasteiger partial charge in [0.25, 0.3) is 0 Å². The second-order valence-electron chi connectivity index (χ2n) is 6.84. The number of hydrogen-bond donors (Lipinski definition) is 1. The van der Waals surface area contributed by atoms with Gasteiger partial charge in [-0.25, -0.2) is 0 Å². The molecule has 2 heteroatoms. The molecule has 21 heavy (non-hydrogen) atoms. The second kappa shape index (κ2) is 7.84. The van der Waals surface area contributed by atoms with E-state index < -0.39 is 0 Å². The first kappa shape index (κ1) is 16.4. The monoisotopic (exact) mass is 289 g/mol. The zero-order valence-electron chi connectivity index (χ0n) is 14.1. The molecule has 1 aromatic rings. The highest BCUT2D eigenvalue weighted by molar-refractivity contribution is 5.35. The van der Waals surface area contributed by atoms with Crippen molar-refractivity contribution in [3.8, 4) is 5.75 Å². The van der Waals surface area contributed by atoms with E-state index in [2.05, 4.69) is 44.3 Å². The molecule has 0 spiro atoms. The Bertz CT molecular complexity index is 429. The molecule has 3 atom stereocenters. The van der Waals surface area contributed by atoms with E-state index in [4.69, 9.17) is 4.74 Å². The van der Waals surface area contributed by atoms with Crippen LogP contribution >= 0.6 is 0 Å². The molecule has 0 aliphatic heterocycles. The molecule has 1 aromatic carbocycles. The quantitative estimate of drug-likeness (QED) is 0.774. The number of nitrogens with one attached hydrogen (secondary N) is 1. The summed E-state index contributed by atoms with van der Waals surface area (Å²) in [6.07, 6.45) is 6.75. The van der Waals surface area contributed by atoms with Crippen molar-refractivity contribution in [3.05, 3.63) is 29.8 Å². The highest BCUT2D eigenvalue weighted by Gasteiger charge is 2.22. The van der Waals surface area contributed by atoms with Crippen molar-refractivity contribution >= 4 is 0 Å². The van der Waals surface area contributed by atoms with Gasteiger partial charge in [0.05, 0.1) is 7.11 Å². The molecular weight excluding hydrogens is 258 g/mol. The summed E-state index contributed by atoms with van der Waals surface area (Å²) in [5, 5.41) is 3.83. The first-order chi connectivity index (χ1) is 10.1. The van der Waals surface area contributed by atoms with Crippen LogP contribution in [0.25, 0.3) is 0 Å². The second-order valence-corrected chi connectivity index (χ2v) is 6.84. The Morgan fingerprint density at radius 3 is 2.52 bits per heavy atom. The van der Waals surface area contributed by atoms with Crippen LogP contribution in [-0.2, 0) is 0 Å². The van der Waals surface area contributed by atoms with Crippen molar-refractivity contribution in [2.24, 2.45) is 11.8 Å². The lowest BCUT2D eigenvalue weighted by Gasteiger charge is -2.24. The van der Waals surface area contributed by atoms with Crippen LogP contribution in [0.3, 0.4) is 0 Å². The molecule has 2 unspecified atom stereocenters. The van der Waals surface area contributed by atoms with E-state index >= 15 is 0 Å². The van der Waals surface area contributed by atoms with Gasteiger partial charge in [-0.1, -0.05) is 44.9 Å². The summed E-state index contributed by atoms with van der Waals surface area (Å²) in [6, 6.07) is 9.35. The molecule has 0 heterocycles. The fourth-order valence-electron chi connectivity index (χ4n) is 3.63. The van der Waals surface area contributed by atoms with Crippen LogP contribution in [0, 0.1) is 11.8 Å². The third kappa shape index (κ3) is 4.47. The van der Waals surface area contributed by atoms with Gasteiger partial charge in [-0.15, -0.1) is 0 Å². The van der Waals surface area contributed by atoms with Gasteiger partial charge in [0, 0.05) is 17.6 Å². The first-order valence-corrected chi connectivity index (χ1v) is 8.50. The smallest absolute Gasteiger partial charge is 0.123 e. The van der Waals surface area contributed by atoms with E-state index in [1.54, 1.807) is 7.11 Å². The largest absolute Gasteiger partial charge is 0.496 e. The lowest BCUT2D eigenvalue weighted by molar-refractivity contribution is 0.334. The summed E-state index contributed by atoms with van der Waals surface area (Å²) in [5.74, 6) is 2.74. The minimum Gasteiger partial charge on any atom is -0.496 e. The molecule has 1 saturated carbocycles. The lowest BCUT2D eigenvalue weighted by atomic mass is 9.89. The van der Waals surface area contributed by atoms with Crippen molar-refractivity contribution in [2.45, 2.75) is 65.0 Å². The zero-order chi connectivity index (χ0) is 15.2. The van der Waals surface area contributed by atoms with E-state index in [-0.39, 0.29) is 0 Å². The molecule has 1 aliphatic rings. The van der Waals surface area contributed by atoms with E-state index in [0.29, 0.717) is 12.1 Å². The highest BCUT2D eigenvalue weighted by Crippen LogP contribution is 2.31. The summed E-state index contributed by atoms with van der Waals surface area (Å²) in [6.45, 7) is 6.99. The number of hydrogen-bond acceptors (Lipinski definition) is 2. The van der Waals surface area contributed by atoms with Crippen LogP contribution in [0.1, 0.15) is 64.5 Å². The normalized spacial score (nSPS) is 24.6. The molecule has 0 radical (unpaired) electrons. The molecular formula is C19H31NO.